The Kier molecular flexibility index (Phi) is 7.56. The molecular formula is C21H25N3O4. The van der Waals surface area contributed by atoms with Crippen LogP contribution in [-0.2, 0) is 27.4 Å². The van der Waals surface area contributed by atoms with Crippen LogP contribution in [0.5, 0.6) is 0 Å². The Morgan fingerprint density at radius 3 is 2.36 bits per heavy atom. The van der Waals surface area contributed by atoms with Crippen molar-refractivity contribution in [3.05, 3.63) is 70.8 Å². The highest BCUT2D eigenvalue weighted by atomic mass is 16.5. The molecule has 0 spiro atoms. The number of nitrogens with two attached hydrogens (primary N) is 1. The molecule has 0 radical (unpaired) electrons. The van der Waals surface area contributed by atoms with Crippen molar-refractivity contribution in [2.45, 2.75) is 32.9 Å². The number of ether oxygens (including phenoxy) is 1. The van der Waals surface area contributed by atoms with Crippen molar-refractivity contribution in [1.29, 1.82) is 0 Å². The van der Waals surface area contributed by atoms with Gasteiger partial charge in [-0.25, -0.2) is 4.79 Å². The minimum atomic E-state index is -0.864. The number of primary amides is 1. The summed E-state index contributed by atoms with van der Waals surface area (Å²) in [5, 5.41) is 4.90. The van der Waals surface area contributed by atoms with Crippen LogP contribution in [-0.4, -0.2) is 30.5 Å². The number of rotatable bonds is 8. The average molecular weight is 383 g/mol. The Labute approximate surface area is 164 Å². The van der Waals surface area contributed by atoms with Crippen molar-refractivity contribution in [3.8, 4) is 0 Å². The SMILES string of the molecule is Cc1ccc(C[C@H](NC(=O)CNC(=O)OCc2ccccc2)C(N)=O)cc1C. The van der Waals surface area contributed by atoms with E-state index < -0.39 is 23.9 Å². The van der Waals surface area contributed by atoms with Crippen molar-refractivity contribution >= 4 is 17.9 Å². The molecule has 148 valence electrons. The molecule has 0 aliphatic carbocycles. The number of carbonyl (C=O) groups excluding carboxylic acids is 3. The van der Waals surface area contributed by atoms with Gasteiger partial charge in [-0.1, -0.05) is 48.5 Å². The normalized spacial score (nSPS) is 11.4. The summed E-state index contributed by atoms with van der Waals surface area (Å²) in [6.07, 6.45) is -0.440. The van der Waals surface area contributed by atoms with E-state index in [9.17, 15) is 14.4 Å². The minimum absolute atomic E-state index is 0.102. The Bertz CT molecular complexity index is 837. The zero-order chi connectivity index (χ0) is 20.5. The van der Waals surface area contributed by atoms with Crippen LogP contribution in [0.15, 0.2) is 48.5 Å². The fourth-order valence-electron chi connectivity index (χ4n) is 2.56. The number of hydrogen-bond donors (Lipinski definition) is 3. The molecule has 1 atom stereocenters. The van der Waals surface area contributed by atoms with Gasteiger partial charge in [-0.05, 0) is 36.1 Å². The molecule has 7 nitrogen and oxygen atoms in total. The zero-order valence-electron chi connectivity index (χ0n) is 16.0. The first-order chi connectivity index (χ1) is 13.3. The average Bonchev–Trinajstić information content (AvgIpc) is 2.67. The Balaban J connectivity index is 1.80. The van der Waals surface area contributed by atoms with E-state index in [2.05, 4.69) is 10.6 Å². The van der Waals surface area contributed by atoms with Crippen LogP contribution in [0.25, 0.3) is 0 Å². The Hall–Kier alpha value is -3.35. The second-order valence-corrected chi connectivity index (χ2v) is 6.56. The largest absolute Gasteiger partial charge is 0.445 e. The first-order valence-electron chi connectivity index (χ1n) is 8.94. The van der Waals surface area contributed by atoms with Gasteiger partial charge in [-0.2, -0.15) is 0 Å². The number of benzene rings is 2. The van der Waals surface area contributed by atoms with Gasteiger partial charge in [-0.15, -0.1) is 0 Å². The maximum atomic E-state index is 12.1. The summed E-state index contributed by atoms with van der Waals surface area (Å²) >= 11 is 0. The van der Waals surface area contributed by atoms with E-state index in [0.717, 1.165) is 22.3 Å². The zero-order valence-corrected chi connectivity index (χ0v) is 16.0. The first kappa shape index (κ1) is 21.0. The van der Waals surface area contributed by atoms with Gasteiger partial charge >= 0.3 is 6.09 Å². The second kappa shape index (κ2) is 10.1. The monoisotopic (exact) mass is 383 g/mol. The summed E-state index contributed by atoms with van der Waals surface area (Å²) in [5.74, 6) is -1.16. The number of nitrogens with one attached hydrogen (secondary N) is 2. The van der Waals surface area contributed by atoms with Crippen molar-refractivity contribution < 1.29 is 19.1 Å². The smallest absolute Gasteiger partial charge is 0.407 e. The van der Waals surface area contributed by atoms with Gasteiger partial charge in [0.25, 0.3) is 0 Å². The first-order valence-corrected chi connectivity index (χ1v) is 8.94. The molecule has 3 amide bonds. The van der Waals surface area contributed by atoms with E-state index in [1.54, 1.807) is 0 Å². The van der Waals surface area contributed by atoms with Crippen LogP contribution in [0, 0.1) is 13.8 Å². The van der Waals surface area contributed by atoms with Gasteiger partial charge in [-0.3, -0.25) is 9.59 Å². The fraction of sp³-hybridized carbons (Fsp3) is 0.286. The van der Waals surface area contributed by atoms with E-state index in [0.29, 0.717) is 0 Å². The third-order valence-corrected chi connectivity index (χ3v) is 4.30. The summed E-state index contributed by atoms with van der Waals surface area (Å²) in [6, 6.07) is 14.1. The quantitative estimate of drug-likeness (QED) is 0.645. The molecule has 28 heavy (non-hydrogen) atoms. The van der Waals surface area contributed by atoms with E-state index >= 15 is 0 Å². The third kappa shape index (κ3) is 6.75. The van der Waals surface area contributed by atoms with Crippen molar-refractivity contribution in [2.75, 3.05) is 6.54 Å². The molecule has 0 fully saturated rings. The third-order valence-electron chi connectivity index (χ3n) is 4.30. The lowest BCUT2D eigenvalue weighted by atomic mass is 10.0. The van der Waals surface area contributed by atoms with Crippen molar-refractivity contribution in [3.63, 3.8) is 0 Å². The van der Waals surface area contributed by atoms with Crippen LogP contribution in [0.1, 0.15) is 22.3 Å². The molecule has 0 heterocycles. The molecule has 0 saturated carbocycles. The highest BCUT2D eigenvalue weighted by molar-refractivity contribution is 5.88. The topological polar surface area (TPSA) is 111 Å². The lowest BCUT2D eigenvalue weighted by molar-refractivity contribution is -0.126. The second-order valence-electron chi connectivity index (χ2n) is 6.56. The molecule has 0 aromatic heterocycles. The van der Waals surface area contributed by atoms with Crippen LogP contribution in [0.4, 0.5) is 4.79 Å². The fourth-order valence-corrected chi connectivity index (χ4v) is 2.56. The summed E-state index contributed by atoms with van der Waals surface area (Å²) in [5.41, 5.74) is 9.36. The molecular weight excluding hydrogens is 358 g/mol. The number of hydrogen-bond acceptors (Lipinski definition) is 4. The molecule has 2 aromatic carbocycles. The highest BCUT2D eigenvalue weighted by Crippen LogP contribution is 2.11. The van der Waals surface area contributed by atoms with Gasteiger partial charge in [0.2, 0.25) is 11.8 Å². The van der Waals surface area contributed by atoms with E-state index in [1.807, 2.05) is 62.4 Å². The van der Waals surface area contributed by atoms with Gasteiger partial charge in [0.05, 0.1) is 0 Å². The molecule has 2 rings (SSSR count). The number of carbonyl (C=O) groups is 3. The van der Waals surface area contributed by atoms with E-state index in [1.165, 1.54) is 0 Å². The molecule has 7 heteroatoms. The highest BCUT2D eigenvalue weighted by Gasteiger charge is 2.19. The molecule has 0 aliphatic heterocycles. The lowest BCUT2D eigenvalue weighted by Gasteiger charge is -2.16. The number of aryl methyl sites for hydroxylation is 2. The van der Waals surface area contributed by atoms with E-state index in [-0.39, 0.29) is 19.6 Å². The minimum Gasteiger partial charge on any atom is -0.445 e. The summed E-state index contributed by atoms with van der Waals surface area (Å²) in [7, 11) is 0. The van der Waals surface area contributed by atoms with Crippen LogP contribution >= 0.6 is 0 Å². The summed E-state index contributed by atoms with van der Waals surface area (Å²) < 4.78 is 5.03. The standard InChI is InChI=1S/C21H25N3O4/c1-14-8-9-17(10-15(14)2)11-18(20(22)26)24-19(25)12-23-21(27)28-13-16-6-4-3-5-7-16/h3-10,18H,11-13H2,1-2H3,(H2,22,26)(H,23,27)(H,24,25)/t18-/m0/s1. The Morgan fingerprint density at radius 1 is 1.00 bits per heavy atom. The van der Waals surface area contributed by atoms with Gasteiger partial charge < -0.3 is 21.1 Å². The molecule has 2 aromatic rings. The molecule has 0 saturated heterocycles. The van der Waals surface area contributed by atoms with Crippen molar-refractivity contribution in [2.24, 2.45) is 5.73 Å². The molecule has 0 unspecified atom stereocenters. The predicted octanol–water partition coefficient (Wildman–Crippen LogP) is 1.74. The van der Waals surface area contributed by atoms with Gasteiger partial charge in [0.1, 0.15) is 19.2 Å². The van der Waals surface area contributed by atoms with E-state index in [4.69, 9.17) is 10.5 Å². The molecule has 0 bridgehead atoms. The number of alkyl carbamates (subject to hydrolysis) is 1. The lowest BCUT2D eigenvalue weighted by Crippen LogP contribution is -2.49. The maximum absolute atomic E-state index is 12.1. The number of amides is 3. The maximum Gasteiger partial charge on any atom is 0.407 e. The van der Waals surface area contributed by atoms with Crippen LogP contribution in [0.2, 0.25) is 0 Å². The summed E-state index contributed by atoms with van der Waals surface area (Å²) in [6.45, 7) is 3.76. The Morgan fingerprint density at radius 2 is 1.71 bits per heavy atom. The van der Waals surface area contributed by atoms with Gasteiger partial charge in [0.15, 0.2) is 0 Å². The van der Waals surface area contributed by atoms with Gasteiger partial charge in [0, 0.05) is 6.42 Å². The predicted molar refractivity (Wildman–Crippen MR) is 105 cm³/mol. The molecule has 0 aliphatic rings. The van der Waals surface area contributed by atoms with Crippen LogP contribution in [0.3, 0.4) is 0 Å². The van der Waals surface area contributed by atoms with Crippen LogP contribution < -0.4 is 16.4 Å². The molecule has 4 N–H and O–H groups in total. The summed E-state index contributed by atoms with van der Waals surface area (Å²) in [4.78, 5) is 35.4. The van der Waals surface area contributed by atoms with Crippen molar-refractivity contribution in [1.82, 2.24) is 10.6 Å².